The molecule has 2 fully saturated rings. The zero-order valence-corrected chi connectivity index (χ0v) is 12.5. The van der Waals surface area contributed by atoms with E-state index in [1.165, 1.54) is 0 Å². The van der Waals surface area contributed by atoms with Crippen molar-refractivity contribution in [1.82, 2.24) is 14.7 Å². The predicted octanol–water partition coefficient (Wildman–Crippen LogP) is 1.31. The summed E-state index contributed by atoms with van der Waals surface area (Å²) in [6.07, 6.45) is 5.40. The van der Waals surface area contributed by atoms with Gasteiger partial charge in [0.15, 0.2) is 0 Å². The van der Waals surface area contributed by atoms with Crippen molar-refractivity contribution in [2.24, 2.45) is 18.9 Å². The van der Waals surface area contributed by atoms with Crippen molar-refractivity contribution in [3.63, 3.8) is 0 Å². The Morgan fingerprint density at radius 1 is 1.43 bits per heavy atom. The Morgan fingerprint density at radius 2 is 2.19 bits per heavy atom. The van der Waals surface area contributed by atoms with Crippen LogP contribution in [0.4, 0.5) is 0 Å². The number of carbonyl (C=O) groups is 2. The van der Waals surface area contributed by atoms with Crippen molar-refractivity contribution in [1.29, 1.82) is 0 Å². The third kappa shape index (κ3) is 2.22. The number of aliphatic carboxylic acids is 1. The first kappa shape index (κ1) is 14.1. The maximum atomic E-state index is 12.8. The normalized spacial score (nSPS) is 27.9. The van der Waals surface area contributed by atoms with Crippen molar-refractivity contribution < 1.29 is 14.7 Å². The molecule has 0 bridgehead atoms. The van der Waals surface area contributed by atoms with Crippen molar-refractivity contribution in [3.05, 3.63) is 17.5 Å². The lowest BCUT2D eigenvalue weighted by Crippen LogP contribution is -2.43. The van der Waals surface area contributed by atoms with Gasteiger partial charge in [0.25, 0.3) is 5.91 Å². The lowest BCUT2D eigenvalue weighted by atomic mass is 9.94. The quantitative estimate of drug-likeness (QED) is 0.911. The molecule has 1 aromatic heterocycles. The number of carboxylic acid groups (broad SMARTS) is 1. The number of likely N-dealkylation sites (tertiary alicyclic amines) is 1. The molecule has 0 spiro atoms. The Hall–Kier alpha value is -1.85. The summed E-state index contributed by atoms with van der Waals surface area (Å²) in [6, 6.07) is -0.671. The third-order valence-electron chi connectivity index (χ3n) is 4.87. The number of hydrogen-bond acceptors (Lipinski definition) is 3. The fraction of sp³-hybridized carbons (Fsp3) is 0.667. The van der Waals surface area contributed by atoms with Crippen molar-refractivity contribution in [2.45, 2.75) is 38.6 Å². The summed E-state index contributed by atoms with van der Waals surface area (Å²) in [5.41, 5.74) is 1.29. The van der Waals surface area contributed by atoms with Crippen molar-refractivity contribution >= 4 is 11.9 Å². The summed E-state index contributed by atoms with van der Waals surface area (Å²) >= 11 is 0. The molecule has 3 atom stereocenters. The van der Waals surface area contributed by atoms with E-state index in [1.807, 2.05) is 6.92 Å². The fourth-order valence-corrected chi connectivity index (χ4v) is 3.96. The van der Waals surface area contributed by atoms with Crippen LogP contribution in [0.3, 0.4) is 0 Å². The summed E-state index contributed by atoms with van der Waals surface area (Å²) in [7, 11) is 1.78. The molecule has 1 aliphatic heterocycles. The second-order valence-electron chi connectivity index (χ2n) is 6.11. The standard InChI is InChI=1S/C15H21N3O3/c1-3-12-11(8-17(2)16-12)14(19)18-7-9-5-4-6-10(9)13(18)15(20)21/h8-10,13H,3-7H2,1-2H3,(H,20,21). The number of aromatic nitrogens is 2. The van der Waals surface area contributed by atoms with Crippen molar-refractivity contribution in [3.8, 4) is 0 Å². The Balaban J connectivity index is 1.91. The van der Waals surface area contributed by atoms with Gasteiger partial charge in [-0.15, -0.1) is 0 Å². The van der Waals surface area contributed by atoms with Gasteiger partial charge in [0, 0.05) is 19.8 Å². The van der Waals surface area contributed by atoms with E-state index in [9.17, 15) is 14.7 Å². The van der Waals surface area contributed by atoms with Gasteiger partial charge in [-0.2, -0.15) is 5.10 Å². The van der Waals surface area contributed by atoms with E-state index in [4.69, 9.17) is 0 Å². The molecule has 1 saturated carbocycles. The molecule has 6 heteroatoms. The molecule has 1 amide bonds. The molecular weight excluding hydrogens is 270 g/mol. The molecule has 1 aromatic rings. The first-order valence-corrected chi connectivity index (χ1v) is 7.59. The first-order valence-electron chi connectivity index (χ1n) is 7.59. The van der Waals surface area contributed by atoms with Crippen LogP contribution in [0.15, 0.2) is 6.20 Å². The number of carbonyl (C=O) groups excluding carboxylic acids is 1. The van der Waals surface area contributed by atoms with Gasteiger partial charge in [-0.25, -0.2) is 4.79 Å². The molecule has 21 heavy (non-hydrogen) atoms. The van der Waals surface area contributed by atoms with Crippen LogP contribution in [0.2, 0.25) is 0 Å². The Kier molecular flexibility index (Phi) is 3.47. The Bertz CT molecular complexity index is 581. The lowest BCUT2D eigenvalue weighted by molar-refractivity contribution is -0.142. The number of carboxylic acids is 1. The first-order chi connectivity index (χ1) is 10.0. The highest BCUT2D eigenvalue weighted by atomic mass is 16.4. The van der Waals surface area contributed by atoms with E-state index >= 15 is 0 Å². The second kappa shape index (κ2) is 5.16. The number of amides is 1. The zero-order valence-electron chi connectivity index (χ0n) is 12.5. The number of nitrogens with zero attached hydrogens (tertiary/aromatic N) is 3. The Labute approximate surface area is 123 Å². The molecule has 3 unspecified atom stereocenters. The summed E-state index contributed by atoms with van der Waals surface area (Å²) in [5.74, 6) is -0.591. The number of aryl methyl sites for hydroxylation is 2. The highest BCUT2D eigenvalue weighted by molar-refractivity contribution is 5.98. The largest absolute Gasteiger partial charge is 0.480 e. The van der Waals surface area contributed by atoms with Gasteiger partial charge >= 0.3 is 5.97 Å². The van der Waals surface area contributed by atoms with E-state index in [0.717, 1.165) is 25.0 Å². The van der Waals surface area contributed by atoms with E-state index in [0.29, 0.717) is 24.4 Å². The van der Waals surface area contributed by atoms with Crippen LogP contribution in [-0.4, -0.2) is 44.3 Å². The van der Waals surface area contributed by atoms with E-state index in [1.54, 1.807) is 22.8 Å². The summed E-state index contributed by atoms with van der Waals surface area (Å²) in [6.45, 7) is 2.52. The van der Waals surface area contributed by atoms with Gasteiger partial charge in [-0.3, -0.25) is 9.48 Å². The van der Waals surface area contributed by atoms with Crippen LogP contribution in [0.25, 0.3) is 0 Å². The minimum atomic E-state index is -0.875. The average molecular weight is 291 g/mol. The van der Waals surface area contributed by atoms with Gasteiger partial charge < -0.3 is 10.0 Å². The van der Waals surface area contributed by atoms with Crippen LogP contribution in [-0.2, 0) is 18.3 Å². The molecule has 2 heterocycles. The maximum Gasteiger partial charge on any atom is 0.326 e. The molecular formula is C15H21N3O3. The summed E-state index contributed by atoms with van der Waals surface area (Å²) < 4.78 is 1.62. The summed E-state index contributed by atoms with van der Waals surface area (Å²) in [5, 5.41) is 13.8. The minimum absolute atomic E-state index is 0.119. The highest BCUT2D eigenvalue weighted by Crippen LogP contribution is 2.42. The van der Waals surface area contributed by atoms with E-state index in [2.05, 4.69) is 5.10 Å². The SMILES string of the molecule is CCc1nn(C)cc1C(=O)N1CC2CCCC2C1C(=O)O. The van der Waals surface area contributed by atoms with E-state index < -0.39 is 12.0 Å². The van der Waals surface area contributed by atoms with E-state index in [-0.39, 0.29) is 11.8 Å². The number of rotatable bonds is 3. The number of fused-ring (bicyclic) bond motifs is 1. The van der Waals surface area contributed by atoms with Gasteiger partial charge in [-0.1, -0.05) is 13.3 Å². The molecule has 6 nitrogen and oxygen atoms in total. The molecule has 1 N–H and O–H groups in total. The van der Waals surface area contributed by atoms with Gasteiger partial charge in [0.2, 0.25) is 0 Å². The van der Waals surface area contributed by atoms with Gasteiger partial charge in [0.1, 0.15) is 6.04 Å². The van der Waals surface area contributed by atoms with Crippen LogP contribution >= 0.6 is 0 Å². The van der Waals surface area contributed by atoms with Crippen LogP contribution in [0.5, 0.6) is 0 Å². The van der Waals surface area contributed by atoms with Crippen molar-refractivity contribution in [2.75, 3.05) is 6.54 Å². The molecule has 0 aromatic carbocycles. The monoisotopic (exact) mass is 291 g/mol. The van der Waals surface area contributed by atoms with Gasteiger partial charge in [-0.05, 0) is 31.1 Å². The minimum Gasteiger partial charge on any atom is -0.480 e. The topological polar surface area (TPSA) is 75.4 Å². The second-order valence-corrected chi connectivity index (χ2v) is 6.11. The molecule has 114 valence electrons. The molecule has 0 radical (unpaired) electrons. The Morgan fingerprint density at radius 3 is 2.86 bits per heavy atom. The predicted molar refractivity (Wildman–Crippen MR) is 75.9 cm³/mol. The van der Waals surface area contributed by atoms with Crippen LogP contribution in [0, 0.1) is 11.8 Å². The molecule has 1 aliphatic carbocycles. The highest BCUT2D eigenvalue weighted by Gasteiger charge is 2.49. The summed E-state index contributed by atoms with van der Waals surface area (Å²) in [4.78, 5) is 26.0. The van der Waals surface area contributed by atoms with Crippen LogP contribution in [0.1, 0.15) is 42.2 Å². The average Bonchev–Trinajstić information content (AvgIpc) is 3.09. The lowest BCUT2D eigenvalue weighted by Gasteiger charge is -2.24. The fourth-order valence-electron chi connectivity index (χ4n) is 3.96. The molecule has 1 saturated heterocycles. The molecule has 2 aliphatic rings. The third-order valence-corrected chi connectivity index (χ3v) is 4.87. The smallest absolute Gasteiger partial charge is 0.326 e. The number of hydrogen-bond donors (Lipinski definition) is 1. The van der Waals surface area contributed by atoms with Gasteiger partial charge in [0.05, 0.1) is 11.3 Å². The zero-order chi connectivity index (χ0) is 15.1. The maximum absolute atomic E-state index is 12.8. The van der Waals surface area contributed by atoms with Crippen LogP contribution < -0.4 is 0 Å². The molecule has 3 rings (SSSR count).